The Kier molecular flexibility index (Phi) is 4.92. The van der Waals surface area contributed by atoms with Gasteiger partial charge in [-0.1, -0.05) is 0 Å². The van der Waals surface area contributed by atoms with Crippen molar-refractivity contribution in [2.45, 2.75) is 6.42 Å². The van der Waals surface area contributed by atoms with Crippen LogP contribution in [0.4, 0.5) is 15.8 Å². The minimum atomic E-state index is -0.405. The topological polar surface area (TPSA) is 61.6 Å². The number of anilines is 2. The van der Waals surface area contributed by atoms with Gasteiger partial charge in [0, 0.05) is 39.1 Å². The summed E-state index contributed by atoms with van der Waals surface area (Å²) in [5.41, 5.74) is 6.37. The number of carbonyl (C=O) groups is 1. The lowest BCUT2D eigenvalue weighted by Gasteiger charge is -2.32. The lowest BCUT2D eigenvalue weighted by molar-refractivity contribution is -0.116. The Labute approximate surface area is 118 Å². The Morgan fingerprint density at radius 2 is 2.05 bits per heavy atom. The number of piperazine rings is 1. The van der Waals surface area contributed by atoms with Crippen LogP contribution in [0.2, 0.25) is 0 Å². The number of nitrogens with two attached hydrogens (primary N) is 1. The van der Waals surface area contributed by atoms with E-state index < -0.39 is 5.82 Å². The average Bonchev–Trinajstić information content (AvgIpc) is 2.41. The number of carbonyl (C=O) groups excluding carboxylic acids is 1. The van der Waals surface area contributed by atoms with Crippen LogP contribution in [0.1, 0.15) is 6.42 Å². The van der Waals surface area contributed by atoms with E-state index in [9.17, 15) is 9.18 Å². The highest BCUT2D eigenvalue weighted by Crippen LogP contribution is 2.19. The molecular weight excluding hydrogens is 259 g/mol. The number of nitrogens with one attached hydrogen (secondary N) is 1. The fraction of sp³-hybridized carbons (Fsp3) is 0.500. The summed E-state index contributed by atoms with van der Waals surface area (Å²) in [5.74, 6) is -0.500. The molecule has 6 heteroatoms. The first-order valence-corrected chi connectivity index (χ1v) is 6.80. The molecule has 3 N–H and O–H groups in total. The van der Waals surface area contributed by atoms with Crippen LogP contribution in [0, 0.1) is 5.82 Å². The third kappa shape index (κ3) is 4.18. The maximum atomic E-state index is 12.9. The quantitative estimate of drug-likeness (QED) is 0.807. The summed E-state index contributed by atoms with van der Waals surface area (Å²) in [6, 6.07) is 3.97. The Hall–Kier alpha value is -1.66. The first-order valence-electron chi connectivity index (χ1n) is 6.80. The minimum Gasteiger partial charge on any atom is -0.397 e. The van der Waals surface area contributed by atoms with Gasteiger partial charge in [0.25, 0.3) is 0 Å². The van der Waals surface area contributed by atoms with E-state index in [-0.39, 0.29) is 11.6 Å². The molecule has 1 fully saturated rings. The molecular formula is C14H21FN4O. The number of benzene rings is 1. The standard InChI is InChI=1S/C14H21FN4O/c1-18-6-8-19(9-7-18)5-4-14(20)17-13-3-2-11(15)10-12(13)16/h2-3,10H,4-9,16H2,1H3,(H,17,20). The SMILES string of the molecule is CN1CCN(CCC(=O)Nc2ccc(F)cc2N)CC1. The number of halogens is 1. The maximum absolute atomic E-state index is 12.9. The van der Waals surface area contributed by atoms with Gasteiger partial charge in [0.2, 0.25) is 5.91 Å². The van der Waals surface area contributed by atoms with Crippen molar-refractivity contribution in [2.24, 2.45) is 0 Å². The van der Waals surface area contributed by atoms with Crippen molar-refractivity contribution < 1.29 is 9.18 Å². The Morgan fingerprint density at radius 3 is 2.70 bits per heavy atom. The van der Waals surface area contributed by atoms with Gasteiger partial charge >= 0.3 is 0 Å². The van der Waals surface area contributed by atoms with E-state index in [1.165, 1.54) is 18.2 Å². The van der Waals surface area contributed by atoms with Crippen LogP contribution < -0.4 is 11.1 Å². The van der Waals surface area contributed by atoms with E-state index in [1.54, 1.807) is 0 Å². The molecule has 110 valence electrons. The molecule has 0 spiro atoms. The van der Waals surface area contributed by atoms with Gasteiger partial charge < -0.3 is 20.9 Å². The second-order valence-corrected chi connectivity index (χ2v) is 5.17. The molecule has 2 rings (SSSR count). The summed E-state index contributed by atoms with van der Waals surface area (Å²) in [5, 5.41) is 2.72. The number of hydrogen-bond donors (Lipinski definition) is 2. The Morgan fingerprint density at radius 1 is 1.35 bits per heavy atom. The van der Waals surface area contributed by atoms with E-state index in [0.717, 1.165) is 32.7 Å². The van der Waals surface area contributed by atoms with E-state index in [4.69, 9.17) is 5.73 Å². The van der Waals surface area contributed by atoms with Crippen LogP contribution in [0.15, 0.2) is 18.2 Å². The van der Waals surface area contributed by atoms with Gasteiger partial charge in [-0.15, -0.1) is 0 Å². The van der Waals surface area contributed by atoms with Crippen LogP contribution in [0.5, 0.6) is 0 Å². The number of hydrogen-bond acceptors (Lipinski definition) is 4. The Balaban J connectivity index is 1.78. The second kappa shape index (κ2) is 6.67. The van der Waals surface area contributed by atoms with Crippen LogP contribution in [0.3, 0.4) is 0 Å². The molecule has 1 aromatic carbocycles. The van der Waals surface area contributed by atoms with E-state index in [0.29, 0.717) is 12.1 Å². The molecule has 0 unspecified atom stereocenters. The zero-order valence-electron chi connectivity index (χ0n) is 11.7. The fourth-order valence-electron chi connectivity index (χ4n) is 2.19. The van der Waals surface area contributed by atoms with E-state index in [1.807, 2.05) is 0 Å². The van der Waals surface area contributed by atoms with Crippen LogP contribution >= 0.6 is 0 Å². The molecule has 1 aromatic rings. The Bertz CT molecular complexity index is 472. The summed E-state index contributed by atoms with van der Waals surface area (Å²) in [6.07, 6.45) is 0.417. The molecule has 0 radical (unpaired) electrons. The van der Waals surface area contributed by atoms with Gasteiger partial charge in [-0.05, 0) is 25.2 Å². The molecule has 0 aromatic heterocycles. The predicted octanol–water partition coefficient (Wildman–Crippen LogP) is 0.984. The van der Waals surface area contributed by atoms with E-state index in [2.05, 4.69) is 22.2 Å². The van der Waals surface area contributed by atoms with Crippen molar-refractivity contribution in [1.29, 1.82) is 0 Å². The molecule has 20 heavy (non-hydrogen) atoms. The lowest BCUT2D eigenvalue weighted by Crippen LogP contribution is -2.45. The third-order valence-corrected chi connectivity index (χ3v) is 3.54. The highest BCUT2D eigenvalue weighted by atomic mass is 19.1. The van der Waals surface area contributed by atoms with Crippen LogP contribution in [-0.2, 0) is 4.79 Å². The first kappa shape index (κ1) is 14.7. The highest BCUT2D eigenvalue weighted by Gasteiger charge is 2.15. The number of amides is 1. The first-order chi connectivity index (χ1) is 9.54. The molecule has 0 bridgehead atoms. The smallest absolute Gasteiger partial charge is 0.225 e. The lowest BCUT2D eigenvalue weighted by atomic mass is 10.2. The summed E-state index contributed by atoms with van der Waals surface area (Å²) in [4.78, 5) is 16.4. The fourth-order valence-corrected chi connectivity index (χ4v) is 2.19. The van der Waals surface area contributed by atoms with Gasteiger partial charge in [0.1, 0.15) is 5.82 Å². The number of nitrogens with zero attached hydrogens (tertiary/aromatic N) is 2. The zero-order valence-corrected chi connectivity index (χ0v) is 11.7. The number of rotatable bonds is 4. The minimum absolute atomic E-state index is 0.0952. The molecule has 1 amide bonds. The highest BCUT2D eigenvalue weighted by molar-refractivity contribution is 5.93. The normalized spacial score (nSPS) is 17.1. The summed E-state index contributed by atoms with van der Waals surface area (Å²) >= 11 is 0. The summed E-state index contributed by atoms with van der Waals surface area (Å²) in [6.45, 7) is 4.78. The molecule has 0 atom stereocenters. The van der Waals surface area contributed by atoms with Crippen molar-refractivity contribution in [3.05, 3.63) is 24.0 Å². The molecule has 0 aliphatic carbocycles. The second-order valence-electron chi connectivity index (χ2n) is 5.17. The van der Waals surface area contributed by atoms with Gasteiger partial charge in [-0.3, -0.25) is 4.79 Å². The van der Waals surface area contributed by atoms with Crippen molar-refractivity contribution >= 4 is 17.3 Å². The predicted molar refractivity (Wildman–Crippen MR) is 78.0 cm³/mol. The van der Waals surface area contributed by atoms with Crippen LogP contribution in [0.25, 0.3) is 0 Å². The maximum Gasteiger partial charge on any atom is 0.225 e. The molecule has 0 saturated carbocycles. The van der Waals surface area contributed by atoms with Gasteiger partial charge in [-0.25, -0.2) is 4.39 Å². The molecule has 5 nitrogen and oxygen atoms in total. The van der Waals surface area contributed by atoms with Gasteiger partial charge in [-0.2, -0.15) is 0 Å². The van der Waals surface area contributed by atoms with Crippen LogP contribution in [-0.4, -0.2) is 55.5 Å². The number of likely N-dealkylation sites (N-methyl/N-ethyl adjacent to an activating group) is 1. The van der Waals surface area contributed by atoms with Crippen molar-refractivity contribution in [2.75, 3.05) is 50.8 Å². The van der Waals surface area contributed by atoms with Crippen molar-refractivity contribution in [1.82, 2.24) is 9.80 Å². The van der Waals surface area contributed by atoms with Crippen molar-refractivity contribution in [3.63, 3.8) is 0 Å². The average molecular weight is 280 g/mol. The molecule has 1 saturated heterocycles. The molecule has 1 aliphatic rings. The van der Waals surface area contributed by atoms with Crippen molar-refractivity contribution in [3.8, 4) is 0 Å². The van der Waals surface area contributed by atoms with Gasteiger partial charge in [0.15, 0.2) is 0 Å². The van der Waals surface area contributed by atoms with Gasteiger partial charge in [0.05, 0.1) is 11.4 Å². The van der Waals surface area contributed by atoms with E-state index >= 15 is 0 Å². The molecule has 1 heterocycles. The zero-order chi connectivity index (χ0) is 14.5. The monoisotopic (exact) mass is 280 g/mol. The largest absolute Gasteiger partial charge is 0.397 e. The summed E-state index contributed by atoms with van der Waals surface area (Å²) < 4.78 is 12.9. The number of nitrogen functional groups attached to an aromatic ring is 1. The summed E-state index contributed by atoms with van der Waals surface area (Å²) in [7, 11) is 2.10. The third-order valence-electron chi connectivity index (χ3n) is 3.54. The molecule has 1 aliphatic heterocycles.